The number of nitrogens with one attached hydrogen (secondary N) is 1. The second-order valence-electron chi connectivity index (χ2n) is 7.75. The van der Waals surface area contributed by atoms with Crippen molar-refractivity contribution in [3.8, 4) is 5.75 Å². The number of amides is 1. The van der Waals surface area contributed by atoms with E-state index in [4.69, 9.17) is 4.74 Å². The molecule has 1 N–H and O–H groups in total. The first kappa shape index (κ1) is 22.0. The monoisotopic (exact) mass is 450 g/mol. The summed E-state index contributed by atoms with van der Waals surface area (Å²) < 4.78 is 33.5. The molecule has 3 aromatic carbocycles. The first-order valence-corrected chi connectivity index (χ1v) is 12.0. The van der Waals surface area contributed by atoms with Crippen molar-refractivity contribution in [1.29, 1.82) is 0 Å². The zero-order valence-electron chi connectivity index (χ0n) is 18.1. The highest BCUT2D eigenvalue weighted by Crippen LogP contribution is 2.30. The highest BCUT2D eigenvalue weighted by Gasteiger charge is 2.39. The summed E-state index contributed by atoms with van der Waals surface area (Å²) in [5.41, 5.74) is 3.70. The summed E-state index contributed by atoms with van der Waals surface area (Å²) in [6.07, 6.45) is 1.21. The summed E-state index contributed by atoms with van der Waals surface area (Å²) in [5, 5.41) is 2.90. The van der Waals surface area contributed by atoms with Crippen LogP contribution in [0.15, 0.2) is 77.7 Å². The number of aryl methyl sites for hydroxylation is 1. The van der Waals surface area contributed by atoms with Crippen LogP contribution in [0.2, 0.25) is 0 Å². The summed E-state index contributed by atoms with van der Waals surface area (Å²) in [6.45, 7) is 2.20. The number of hydrogen-bond donors (Lipinski definition) is 1. The number of rotatable bonds is 6. The number of anilines is 1. The fraction of sp³-hybridized carbons (Fsp3) is 0.240. The molecule has 1 aliphatic heterocycles. The van der Waals surface area contributed by atoms with Gasteiger partial charge in [-0.05, 0) is 65.9 Å². The Hall–Kier alpha value is -3.16. The largest absolute Gasteiger partial charge is 0.497 e. The molecule has 0 aliphatic carbocycles. The molecule has 1 atom stereocenters. The second-order valence-corrected chi connectivity index (χ2v) is 9.64. The van der Waals surface area contributed by atoms with Gasteiger partial charge in [-0.3, -0.25) is 4.79 Å². The summed E-state index contributed by atoms with van der Waals surface area (Å²) >= 11 is 0. The van der Waals surface area contributed by atoms with E-state index >= 15 is 0 Å². The topological polar surface area (TPSA) is 75.7 Å². The maximum Gasteiger partial charge on any atom is 0.244 e. The molecule has 1 aliphatic rings. The molecule has 0 bridgehead atoms. The Labute approximate surface area is 188 Å². The lowest BCUT2D eigenvalue weighted by Gasteiger charge is -2.35. The molecule has 3 aromatic rings. The minimum absolute atomic E-state index is 0.128. The number of fused-ring (bicyclic) bond motifs is 1. The lowest BCUT2D eigenvalue weighted by molar-refractivity contribution is -0.120. The molecule has 1 heterocycles. The van der Waals surface area contributed by atoms with Gasteiger partial charge in [0.25, 0.3) is 0 Å². The number of carbonyl (C=O) groups excluding carboxylic acids is 1. The van der Waals surface area contributed by atoms with Gasteiger partial charge in [-0.25, -0.2) is 8.42 Å². The zero-order chi connectivity index (χ0) is 22.7. The van der Waals surface area contributed by atoms with Gasteiger partial charge < -0.3 is 10.1 Å². The van der Waals surface area contributed by atoms with Crippen molar-refractivity contribution < 1.29 is 17.9 Å². The number of sulfonamides is 1. The van der Waals surface area contributed by atoms with E-state index in [9.17, 15) is 13.2 Å². The average molecular weight is 451 g/mol. The SMILES string of the molecule is CCc1ccc(NC(=O)[C@@H]2Cc3ccccc3CN2S(=O)(=O)c2ccc(OC)cc2)cc1. The van der Waals surface area contributed by atoms with Crippen molar-refractivity contribution in [2.24, 2.45) is 0 Å². The van der Waals surface area contributed by atoms with Gasteiger partial charge in [0.1, 0.15) is 11.8 Å². The minimum Gasteiger partial charge on any atom is -0.497 e. The minimum atomic E-state index is -3.91. The van der Waals surface area contributed by atoms with Gasteiger partial charge in [-0.1, -0.05) is 43.3 Å². The Morgan fingerprint density at radius 2 is 1.66 bits per heavy atom. The van der Waals surface area contributed by atoms with Gasteiger partial charge in [0.05, 0.1) is 12.0 Å². The number of carbonyl (C=O) groups is 1. The Kier molecular flexibility index (Phi) is 6.30. The number of benzene rings is 3. The summed E-state index contributed by atoms with van der Waals surface area (Å²) in [5.74, 6) is 0.221. The molecule has 4 rings (SSSR count). The molecule has 7 heteroatoms. The molecule has 6 nitrogen and oxygen atoms in total. The number of ether oxygens (including phenoxy) is 1. The van der Waals surface area contributed by atoms with Crippen LogP contribution in [-0.4, -0.2) is 31.8 Å². The Morgan fingerprint density at radius 1 is 1.00 bits per heavy atom. The highest BCUT2D eigenvalue weighted by atomic mass is 32.2. The first-order chi connectivity index (χ1) is 15.4. The van der Waals surface area contributed by atoms with E-state index in [-0.39, 0.29) is 17.3 Å². The third kappa shape index (κ3) is 4.40. The van der Waals surface area contributed by atoms with Crippen molar-refractivity contribution >= 4 is 21.6 Å². The summed E-state index contributed by atoms with van der Waals surface area (Å²) in [7, 11) is -2.38. The van der Waals surface area contributed by atoms with E-state index in [0.29, 0.717) is 17.9 Å². The number of nitrogens with zero attached hydrogens (tertiary/aromatic N) is 1. The van der Waals surface area contributed by atoms with Crippen molar-refractivity contribution in [1.82, 2.24) is 4.31 Å². The molecule has 0 spiro atoms. The molecule has 1 amide bonds. The van der Waals surface area contributed by atoms with Crippen LogP contribution in [0.3, 0.4) is 0 Å². The second kappa shape index (κ2) is 9.14. The van der Waals surface area contributed by atoms with Gasteiger partial charge in [0.15, 0.2) is 0 Å². The number of hydrogen-bond acceptors (Lipinski definition) is 4. The molecule has 0 unspecified atom stereocenters. The van der Waals surface area contributed by atoms with Crippen LogP contribution in [0.25, 0.3) is 0 Å². The van der Waals surface area contributed by atoms with Crippen molar-refractivity contribution in [2.45, 2.75) is 37.2 Å². The maximum absolute atomic E-state index is 13.6. The Bertz CT molecular complexity index is 1210. The van der Waals surface area contributed by atoms with Crippen LogP contribution in [-0.2, 0) is 34.2 Å². The lowest BCUT2D eigenvalue weighted by Crippen LogP contribution is -2.50. The Morgan fingerprint density at radius 3 is 2.28 bits per heavy atom. The van der Waals surface area contributed by atoms with Gasteiger partial charge in [0.2, 0.25) is 15.9 Å². The van der Waals surface area contributed by atoms with Crippen LogP contribution >= 0.6 is 0 Å². The van der Waals surface area contributed by atoms with Crippen molar-refractivity contribution in [2.75, 3.05) is 12.4 Å². The molecule has 0 aromatic heterocycles. The van der Waals surface area contributed by atoms with E-state index < -0.39 is 16.1 Å². The predicted molar refractivity (Wildman–Crippen MR) is 124 cm³/mol. The molecule has 0 saturated carbocycles. The fourth-order valence-corrected chi connectivity index (χ4v) is 5.47. The van der Waals surface area contributed by atoms with E-state index in [1.807, 2.05) is 48.5 Å². The number of methoxy groups -OCH3 is 1. The van der Waals surface area contributed by atoms with E-state index in [0.717, 1.165) is 17.5 Å². The Balaban J connectivity index is 1.67. The van der Waals surface area contributed by atoms with Gasteiger partial charge in [-0.2, -0.15) is 4.31 Å². The third-order valence-corrected chi connectivity index (χ3v) is 7.67. The summed E-state index contributed by atoms with van der Waals surface area (Å²) in [4.78, 5) is 13.4. The molecule has 166 valence electrons. The molecular weight excluding hydrogens is 424 g/mol. The van der Waals surface area contributed by atoms with Gasteiger partial charge >= 0.3 is 0 Å². The molecule has 0 radical (unpaired) electrons. The quantitative estimate of drug-likeness (QED) is 0.616. The smallest absolute Gasteiger partial charge is 0.244 e. The van der Waals surface area contributed by atoms with Crippen LogP contribution < -0.4 is 10.1 Å². The first-order valence-electron chi connectivity index (χ1n) is 10.5. The van der Waals surface area contributed by atoms with E-state index in [2.05, 4.69) is 12.2 Å². The molecule has 32 heavy (non-hydrogen) atoms. The summed E-state index contributed by atoms with van der Waals surface area (Å²) in [6, 6.07) is 20.6. The van der Waals surface area contributed by atoms with Crippen molar-refractivity contribution in [3.05, 3.63) is 89.5 Å². The van der Waals surface area contributed by atoms with Crippen LogP contribution in [0.4, 0.5) is 5.69 Å². The maximum atomic E-state index is 13.6. The molecule has 0 saturated heterocycles. The van der Waals surface area contributed by atoms with Gasteiger partial charge in [0, 0.05) is 12.2 Å². The molecule has 0 fully saturated rings. The molecular formula is C25H26N2O4S. The third-order valence-electron chi connectivity index (χ3n) is 5.80. The lowest BCUT2D eigenvalue weighted by atomic mass is 9.95. The van der Waals surface area contributed by atoms with Crippen LogP contribution in [0, 0.1) is 0 Å². The highest BCUT2D eigenvalue weighted by molar-refractivity contribution is 7.89. The van der Waals surface area contributed by atoms with E-state index in [1.54, 1.807) is 12.1 Å². The van der Waals surface area contributed by atoms with Crippen LogP contribution in [0.1, 0.15) is 23.6 Å². The fourth-order valence-electron chi connectivity index (χ4n) is 3.91. The predicted octanol–water partition coefficient (Wildman–Crippen LogP) is 4.01. The van der Waals surface area contributed by atoms with E-state index in [1.165, 1.54) is 29.1 Å². The zero-order valence-corrected chi connectivity index (χ0v) is 18.9. The standard InChI is InChI=1S/C25H26N2O4S/c1-3-18-8-10-21(11-9-18)26-25(28)24-16-19-6-4-5-7-20(19)17-27(24)32(29,30)23-14-12-22(31-2)13-15-23/h4-15,24H,3,16-17H2,1-2H3,(H,26,28)/t24-/m0/s1. The average Bonchev–Trinajstić information content (AvgIpc) is 2.83. The van der Waals surface area contributed by atoms with Crippen molar-refractivity contribution in [3.63, 3.8) is 0 Å². The van der Waals surface area contributed by atoms with Gasteiger partial charge in [-0.15, -0.1) is 0 Å². The normalized spacial score (nSPS) is 16.2. The van der Waals surface area contributed by atoms with Crippen LogP contribution in [0.5, 0.6) is 5.75 Å².